The highest BCUT2D eigenvalue weighted by Gasteiger charge is 2.40. The smallest absolute Gasteiger partial charge is 0.120 e. The molecule has 22 heavy (non-hydrogen) atoms. The van der Waals surface area contributed by atoms with Crippen LogP contribution in [0.1, 0.15) is 17.5 Å². The number of hydrogen-bond acceptors (Lipinski definition) is 4. The Morgan fingerprint density at radius 1 is 1.14 bits per heavy atom. The zero-order valence-corrected chi connectivity index (χ0v) is 12.3. The highest BCUT2D eigenvalue weighted by atomic mass is 16.5. The minimum Gasteiger partial charge on any atom is -0.489 e. The van der Waals surface area contributed by atoms with Gasteiger partial charge < -0.3 is 19.7 Å². The molecule has 1 aliphatic rings. The molecule has 0 amide bonds. The molecule has 4 heteroatoms. The zero-order valence-electron chi connectivity index (χ0n) is 12.3. The molecule has 2 aromatic carbocycles. The third kappa shape index (κ3) is 3.14. The largest absolute Gasteiger partial charge is 0.489 e. The van der Waals surface area contributed by atoms with Crippen LogP contribution in [0.5, 0.6) is 5.75 Å². The lowest BCUT2D eigenvalue weighted by Gasteiger charge is -2.37. The van der Waals surface area contributed by atoms with E-state index in [1.165, 1.54) is 0 Å². The van der Waals surface area contributed by atoms with Gasteiger partial charge in [0.05, 0.1) is 6.61 Å². The quantitative estimate of drug-likeness (QED) is 0.909. The average Bonchev–Trinajstić information content (AvgIpc) is 2.57. The Hall–Kier alpha value is -1.88. The van der Waals surface area contributed by atoms with Crippen molar-refractivity contribution in [3.05, 3.63) is 65.7 Å². The van der Waals surface area contributed by atoms with Gasteiger partial charge in [0, 0.05) is 13.0 Å². The SMILES string of the molecule is O[C@@H]1COCC[C@@]1(O)c1cccc(OCc2ccccc2)c1. The molecule has 0 saturated carbocycles. The van der Waals surface area contributed by atoms with Crippen LogP contribution in [-0.4, -0.2) is 29.5 Å². The van der Waals surface area contributed by atoms with E-state index in [0.29, 0.717) is 30.9 Å². The summed E-state index contributed by atoms with van der Waals surface area (Å²) in [6.07, 6.45) is -0.554. The van der Waals surface area contributed by atoms with E-state index < -0.39 is 11.7 Å². The molecule has 1 heterocycles. The van der Waals surface area contributed by atoms with E-state index in [4.69, 9.17) is 9.47 Å². The number of ether oxygens (including phenoxy) is 2. The molecular weight excluding hydrogens is 280 g/mol. The summed E-state index contributed by atoms with van der Waals surface area (Å²) in [5.41, 5.74) is 0.469. The van der Waals surface area contributed by atoms with Gasteiger partial charge in [-0.15, -0.1) is 0 Å². The van der Waals surface area contributed by atoms with Crippen molar-refractivity contribution in [3.8, 4) is 5.75 Å². The lowest BCUT2D eigenvalue weighted by Crippen LogP contribution is -2.46. The maximum Gasteiger partial charge on any atom is 0.120 e. The van der Waals surface area contributed by atoms with Gasteiger partial charge in [0.25, 0.3) is 0 Å². The Morgan fingerprint density at radius 2 is 1.95 bits per heavy atom. The van der Waals surface area contributed by atoms with Crippen molar-refractivity contribution in [2.45, 2.75) is 24.7 Å². The first kappa shape index (κ1) is 15.0. The molecule has 0 aromatic heterocycles. The molecule has 0 bridgehead atoms. The van der Waals surface area contributed by atoms with Crippen LogP contribution in [0.2, 0.25) is 0 Å². The Bertz CT molecular complexity index is 613. The highest BCUT2D eigenvalue weighted by Crippen LogP contribution is 2.34. The summed E-state index contributed by atoms with van der Waals surface area (Å²) in [6, 6.07) is 17.2. The van der Waals surface area contributed by atoms with Crippen molar-refractivity contribution in [2.75, 3.05) is 13.2 Å². The highest BCUT2D eigenvalue weighted by molar-refractivity contribution is 5.33. The standard InChI is InChI=1S/C18H20O4/c19-17-13-21-10-9-18(17,20)15-7-4-8-16(11-15)22-12-14-5-2-1-3-6-14/h1-8,11,17,19-20H,9-10,12-13H2/t17-,18-/m1/s1. The summed E-state index contributed by atoms with van der Waals surface area (Å²) in [4.78, 5) is 0. The topological polar surface area (TPSA) is 58.9 Å². The monoisotopic (exact) mass is 300 g/mol. The summed E-state index contributed by atoms with van der Waals surface area (Å²) in [5.74, 6) is 0.675. The molecule has 0 aliphatic carbocycles. The molecule has 2 aromatic rings. The van der Waals surface area contributed by atoms with Gasteiger partial charge in [-0.05, 0) is 23.3 Å². The molecule has 0 radical (unpaired) electrons. The van der Waals surface area contributed by atoms with E-state index in [2.05, 4.69) is 0 Å². The van der Waals surface area contributed by atoms with Gasteiger partial charge in [-0.25, -0.2) is 0 Å². The summed E-state index contributed by atoms with van der Waals surface area (Å²) in [6.45, 7) is 1.04. The fourth-order valence-electron chi connectivity index (χ4n) is 2.66. The van der Waals surface area contributed by atoms with Gasteiger partial charge in [-0.2, -0.15) is 0 Å². The van der Waals surface area contributed by atoms with Crippen LogP contribution in [0.15, 0.2) is 54.6 Å². The summed E-state index contributed by atoms with van der Waals surface area (Å²) in [7, 11) is 0. The third-order valence-corrected chi connectivity index (χ3v) is 4.04. The van der Waals surface area contributed by atoms with Crippen LogP contribution in [0.4, 0.5) is 0 Å². The second-order valence-electron chi connectivity index (χ2n) is 5.57. The van der Waals surface area contributed by atoms with E-state index in [1.54, 1.807) is 6.07 Å². The average molecular weight is 300 g/mol. The molecule has 4 nitrogen and oxygen atoms in total. The fraction of sp³-hybridized carbons (Fsp3) is 0.333. The first-order valence-electron chi connectivity index (χ1n) is 7.44. The van der Waals surface area contributed by atoms with E-state index in [1.807, 2.05) is 48.5 Å². The van der Waals surface area contributed by atoms with Crippen molar-refractivity contribution in [1.29, 1.82) is 0 Å². The van der Waals surface area contributed by atoms with E-state index >= 15 is 0 Å². The fourth-order valence-corrected chi connectivity index (χ4v) is 2.66. The van der Waals surface area contributed by atoms with Crippen LogP contribution in [-0.2, 0) is 16.9 Å². The van der Waals surface area contributed by atoms with Crippen LogP contribution in [0, 0.1) is 0 Å². The zero-order chi connectivity index (χ0) is 15.4. The molecular formula is C18H20O4. The Morgan fingerprint density at radius 3 is 2.73 bits per heavy atom. The number of benzene rings is 2. The van der Waals surface area contributed by atoms with Gasteiger partial charge in [-0.1, -0.05) is 42.5 Å². The van der Waals surface area contributed by atoms with Crippen molar-refractivity contribution >= 4 is 0 Å². The summed E-state index contributed by atoms with van der Waals surface area (Å²) in [5, 5.41) is 20.8. The van der Waals surface area contributed by atoms with Gasteiger partial charge in [-0.3, -0.25) is 0 Å². The summed E-state index contributed by atoms with van der Waals surface area (Å²) >= 11 is 0. The van der Waals surface area contributed by atoms with Crippen LogP contribution in [0.25, 0.3) is 0 Å². The van der Waals surface area contributed by atoms with Gasteiger partial charge in [0.15, 0.2) is 0 Å². The summed E-state index contributed by atoms with van der Waals surface area (Å²) < 4.78 is 11.0. The molecule has 0 unspecified atom stereocenters. The lowest BCUT2D eigenvalue weighted by molar-refractivity contribution is -0.158. The van der Waals surface area contributed by atoms with E-state index in [9.17, 15) is 10.2 Å². The van der Waals surface area contributed by atoms with Crippen molar-refractivity contribution < 1.29 is 19.7 Å². The number of aliphatic hydroxyl groups is 2. The minimum absolute atomic E-state index is 0.144. The van der Waals surface area contributed by atoms with Crippen LogP contribution in [0.3, 0.4) is 0 Å². The molecule has 2 atom stereocenters. The molecule has 3 rings (SSSR count). The molecule has 1 aliphatic heterocycles. The molecule has 1 saturated heterocycles. The molecule has 1 fully saturated rings. The van der Waals surface area contributed by atoms with Gasteiger partial charge >= 0.3 is 0 Å². The third-order valence-electron chi connectivity index (χ3n) is 4.04. The van der Waals surface area contributed by atoms with E-state index in [0.717, 1.165) is 5.56 Å². The molecule has 0 spiro atoms. The Kier molecular flexibility index (Phi) is 4.43. The second kappa shape index (κ2) is 6.48. The Labute approximate surface area is 129 Å². The minimum atomic E-state index is -1.27. The van der Waals surface area contributed by atoms with Gasteiger partial charge in [0.1, 0.15) is 24.1 Å². The lowest BCUT2D eigenvalue weighted by atomic mass is 9.84. The molecule has 2 N–H and O–H groups in total. The molecule has 116 valence electrons. The van der Waals surface area contributed by atoms with Crippen LogP contribution < -0.4 is 4.74 Å². The number of hydrogen-bond donors (Lipinski definition) is 2. The second-order valence-corrected chi connectivity index (χ2v) is 5.57. The number of aliphatic hydroxyl groups excluding tert-OH is 1. The van der Waals surface area contributed by atoms with E-state index in [-0.39, 0.29) is 6.61 Å². The van der Waals surface area contributed by atoms with Crippen molar-refractivity contribution in [2.24, 2.45) is 0 Å². The Balaban J connectivity index is 1.75. The maximum absolute atomic E-state index is 10.7. The maximum atomic E-state index is 10.7. The number of rotatable bonds is 4. The predicted molar refractivity (Wildman–Crippen MR) is 82.6 cm³/mol. The first-order chi connectivity index (χ1) is 10.7. The first-order valence-corrected chi connectivity index (χ1v) is 7.44. The van der Waals surface area contributed by atoms with Crippen LogP contribution >= 0.6 is 0 Å². The van der Waals surface area contributed by atoms with Crippen molar-refractivity contribution in [3.63, 3.8) is 0 Å². The predicted octanol–water partition coefficient (Wildman–Crippen LogP) is 2.23. The normalized spacial score (nSPS) is 24.9. The van der Waals surface area contributed by atoms with Gasteiger partial charge in [0.2, 0.25) is 0 Å². The van der Waals surface area contributed by atoms with Crippen molar-refractivity contribution in [1.82, 2.24) is 0 Å².